The van der Waals surface area contributed by atoms with Crippen molar-refractivity contribution >= 4 is 9.84 Å². The summed E-state index contributed by atoms with van der Waals surface area (Å²) in [5.41, 5.74) is 1.80. The summed E-state index contributed by atoms with van der Waals surface area (Å²) in [6.07, 6.45) is 6.69. The molecular weight excluding hydrogens is 298 g/mol. The molecule has 22 heavy (non-hydrogen) atoms. The number of imidazole rings is 1. The predicted molar refractivity (Wildman–Crippen MR) is 82.2 cm³/mol. The Bertz CT molecular complexity index is 853. The molecule has 0 unspecified atom stereocenters. The van der Waals surface area contributed by atoms with Crippen LogP contribution < -0.4 is 0 Å². The second kappa shape index (κ2) is 5.73. The molecule has 0 saturated carbocycles. The zero-order valence-corrected chi connectivity index (χ0v) is 12.9. The quantitative estimate of drug-likeness (QED) is 0.742. The number of nitrogens with zero attached hydrogens (tertiary/aromatic N) is 3. The van der Waals surface area contributed by atoms with E-state index < -0.39 is 9.84 Å². The Labute approximate surface area is 129 Å². The Morgan fingerprint density at radius 1 is 1.05 bits per heavy atom. The van der Waals surface area contributed by atoms with E-state index in [1.807, 2.05) is 29.8 Å². The molecule has 0 bridgehead atoms. The summed E-state index contributed by atoms with van der Waals surface area (Å²) in [5.74, 6) is 0. The monoisotopic (exact) mass is 313 g/mol. The highest BCUT2D eigenvalue weighted by Crippen LogP contribution is 2.20. The van der Waals surface area contributed by atoms with E-state index >= 15 is 0 Å². The molecule has 3 aromatic rings. The van der Waals surface area contributed by atoms with E-state index in [9.17, 15) is 8.42 Å². The van der Waals surface area contributed by atoms with Gasteiger partial charge >= 0.3 is 0 Å². The van der Waals surface area contributed by atoms with Crippen LogP contribution in [0.5, 0.6) is 0 Å². The molecule has 0 spiro atoms. The van der Waals surface area contributed by atoms with Crippen molar-refractivity contribution in [1.29, 1.82) is 0 Å². The first-order chi connectivity index (χ1) is 10.6. The molecule has 0 atom stereocenters. The number of sulfone groups is 1. The van der Waals surface area contributed by atoms with Gasteiger partial charge in [-0.2, -0.15) is 0 Å². The Morgan fingerprint density at radius 2 is 1.77 bits per heavy atom. The van der Waals surface area contributed by atoms with Crippen LogP contribution in [-0.4, -0.2) is 23.0 Å². The van der Waals surface area contributed by atoms with Gasteiger partial charge in [-0.25, -0.2) is 13.4 Å². The summed E-state index contributed by atoms with van der Waals surface area (Å²) in [5, 5.41) is 0. The standard InChI is InChI=1S/C16H15N3O2S/c1-13-2-5-16(10-18-13)22(20,21)15-6-3-14(4-7-15)11-19-9-8-17-12-19/h2-10,12H,11H2,1H3. The smallest absolute Gasteiger partial charge is 0.208 e. The lowest BCUT2D eigenvalue weighted by atomic mass is 10.2. The lowest BCUT2D eigenvalue weighted by Crippen LogP contribution is -2.03. The van der Waals surface area contributed by atoms with Gasteiger partial charge in [0.1, 0.15) is 0 Å². The predicted octanol–water partition coefficient (Wildman–Crippen LogP) is 2.47. The molecule has 0 aliphatic rings. The average Bonchev–Trinajstić information content (AvgIpc) is 3.01. The fourth-order valence-electron chi connectivity index (χ4n) is 2.11. The third-order valence-corrected chi connectivity index (χ3v) is 5.11. The second-order valence-electron chi connectivity index (χ2n) is 5.02. The molecule has 2 heterocycles. The molecule has 1 aromatic carbocycles. The Hall–Kier alpha value is -2.47. The number of hydrogen-bond acceptors (Lipinski definition) is 4. The third-order valence-electron chi connectivity index (χ3n) is 3.35. The van der Waals surface area contributed by atoms with Crippen molar-refractivity contribution in [2.45, 2.75) is 23.3 Å². The van der Waals surface area contributed by atoms with Crippen LogP contribution in [0.25, 0.3) is 0 Å². The minimum absolute atomic E-state index is 0.209. The lowest BCUT2D eigenvalue weighted by Gasteiger charge is -2.07. The summed E-state index contributed by atoms with van der Waals surface area (Å²) >= 11 is 0. The molecule has 112 valence electrons. The summed E-state index contributed by atoms with van der Waals surface area (Å²) in [6, 6.07) is 10.2. The highest BCUT2D eigenvalue weighted by Gasteiger charge is 2.17. The normalized spacial score (nSPS) is 11.5. The number of aromatic nitrogens is 3. The van der Waals surface area contributed by atoms with E-state index in [0.29, 0.717) is 6.54 Å². The van der Waals surface area contributed by atoms with Crippen LogP contribution in [0.2, 0.25) is 0 Å². The van der Waals surface area contributed by atoms with Crippen molar-refractivity contribution in [3.05, 3.63) is 72.6 Å². The minimum Gasteiger partial charge on any atom is -0.333 e. The summed E-state index contributed by atoms with van der Waals surface area (Å²) in [4.78, 5) is 8.51. The molecule has 0 saturated heterocycles. The van der Waals surface area contributed by atoms with Gasteiger partial charge in [0.25, 0.3) is 0 Å². The largest absolute Gasteiger partial charge is 0.333 e. The maximum Gasteiger partial charge on any atom is 0.208 e. The number of pyridine rings is 1. The topological polar surface area (TPSA) is 64.8 Å². The van der Waals surface area contributed by atoms with Gasteiger partial charge in [-0.3, -0.25) is 4.98 Å². The molecule has 0 amide bonds. The third kappa shape index (κ3) is 2.92. The Balaban J connectivity index is 1.87. The van der Waals surface area contributed by atoms with Gasteiger partial charge in [-0.05, 0) is 36.8 Å². The van der Waals surface area contributed by atoms with Crippen LogP contribution in [0.3, 0.4) is 0 Å². The Kier molecular flexibility index (Phi) is 3.77. The van der Waals surface area contributed by atoms with Gasteiger partial charge in [0.2, 0.25) is 9.84 Å². The van der Waals surface area contributed by atoms with Gasteiger partial charge in [-0.15, -0.1) is 0 Å². The molecule has 3 rings (SSSR count). The first-order valence-electron chi connectivity index (χ1n) is 6.78. The van der Waals surface area contributed by atoms with E-state index in [2.05, 4.69) is 9.97 Å². The van der Waals surface area contributed by atoms with Crippen molar-refractivity contribution in [1.82, 2.24) is 14.5 Å². The lowest BCUT2D eigenvalue weighted by molar-refractivity contribution is 0.595. The van der Waals surface area contributed by atoms with E-state index in [0.717, 1.165) is 11.3 Å². The molecule has 2 aromatic heterocycles. The van der Waals surface area contributed by atoms with Crippen LogP contribution in [0, 0.1) is 6.92 Å². The molecular formula is C16H15N3O2S. The fourth-order valence-corrected chi connectivity index (χ4v) is 3.32. The molecule has 0 radical (unpaired) electrons. The van der Waals surface area contributed by atoms with Crippen LogP contribution in [0.4, 0.5) is 0 Å². The van der Waals surface area contributed by atoms with Gasteiger partial charge in [0.15, 0.2) is 0 Å². The fraction of sp³-hybridized carbons (Fsp3) is 0.125. The molecule has 0 aliphatic carbocycles. The maximum atomic E-state index is 12.5. The van der Waals surface area contributed by atoms with E-state index in [1.165, 1.54) is 6.20 Å². The number of aryl methyl sites for hydroxylation is 1. The van der Waals surface area contributed by atoms with Crippen molar-refractivity contribution in [3.63, 3.8) is 0 Å². The zero-order chi connectivity index (χ0) is 15.6. The van der Waals surface area contributed by atoms with Crippen molar-refractivity contribution < 1.29 is 8.42 Å². The van der Waals surface area contributed by atoms with Crippen LogP contribution in [-0.2, 0) is 16.4 Å². The molecule has 0 aliphatic heterocycles. The van der Waals surface area contributed by atoms with E-state index in [1.54, 1.807) is 36.8 Å². The number of benzene rings is 1. The maximum absolute atomic E-state index is 12.5. The first kappa shape index (κ1) is 14.5. The highest BCUT2D eigenvalue weighted by atomic mass is 32.2. The molecule has 0 fully saturated rings. The zero-order valence-electron chi connectivity index (χ0n) is 12.0. The number of rotatable bonds is 4. The summed E-state index contributed by atoms with van der Waals surface area (Å²) in [7, 11) is -3.52. The summed E-state index contributed by atoms with van der Waals surface area (Å²) in [6.45, 7) is 2.48. The average molecular weight is 313 g/mol. The number of hydrogen-bond donors (Lipinski definition) is 0. The van der Waals surface area contributed by atoms with Crippen LogP contribution in [0.1, 0.15) is 11.3 Å². The van der Waals surface area contributed by atoms with E-state index in [-0.39, 0.29) is 9.79 Å². The van der Waals surface area contributed by atoms with Gasteiger partial charge in [-0.1, -0.05) is 12.1 Å². The minimum atomic E-state index is -3.52. The van der Waals surface area contributed by atoms with Crippen molar-refractivity contribution in [2.24, 2.45) is 0 Å². The summed E-state index contributed by atoms with van der Waals surface area (Å²) < 4.78 is 27.0. The van der Waals surface area contributed by atoms with Crippen LogP contribution >= 0.6 is 0 Å². The highest BCUT2D eigenvalue weighted by molar-refractivity contribution is 7.91. The second-order valence-corrected chi connectivity index (χ2v) is 6.97. The van der Waals surface area contributed by atoms with Crippen LogP contribution in [0.15, 0.2) is 71.1 Å². The molecule has 0 N–H and O–H groups in total. The Morgan fingerprint density at radius 3 is 2.36 bits per heavy atom. The van der Waals surface area contributed by atoms with Gasteiger partial charge in [0.05, 0.1) is 16.1 Å². The SMILES string of the molecule is Cc1ccc(S(=O)(=O)c2ccc(Cn3ccnc3)cc2)cn1. The first-order valence-corrected chi connectivity index (χ1v) is 8.26. The van der Waals surface area contributed by atoms with Crippen molar-refractivity contribution in [2.75, 3.05) is 0 Å². The van der Waals surface area contributed by atoms with Gasteiger partial charge < -0.3 is 4.57 Å². The molecule has 6 heteroatoms. The van der Waals surface area contributed by atoms with E-state index in [4.69, 9.17) is 0 Å². The molecule has 5 nitrogen and oxygen atoms in total. The van der Waals surface area contributed by atoms with Crippen molar-refractivity contribution in [3.8, 4) is 0 Å². The van der Waals surface area contributed by atoms with Gasteiger partial charge in [0, 0.05) is 30.8 Å².